The summed E-state index contributed by atoms with van der Waals surface area (Å²) in [6, 6.07) is 0.358. The fraction of sp³-hybridized carbons (Fsp3) is 1.00. The molecule has 0 radical (unpaired) electrons. The van der Waals surface area contributed by atoms with E-state index in [4.69, 9.17) is 10.6 Å². The average molecular weight is 198 g/mol. The summed E-state index contributed by atoms with van der Waals surface area (Å²) in [4.78, 5) is 0. The van der Waals surface area contributed by atoms with E-state index in [9.17, 15) is 0 Å². The van der Waals surface area contributed by atoms with Crippen LogP contribution in [0.25, 0.3) is 0 Å². The summed E-state index contributed by atoms with van der Waals surface area (Å²) in [7, 11) is 0. The van der Waals surface area contributed by atoms with E-state index in [0.29, 0.717) is 6.04 Å². The van der Waals surface area contributed by atoms with E-state index in [1.54, 1.807) is 0 Å². The van der Waals surface area contributed by atoms with Gasteiger partial charge in [-0.05, 0) is 44.9 Å². The zero-order valence-electron chi connectivity index (χ0n) is 9.09. The number of nitrogens with one attached hydrogen (secondary N) is 1. The zero-order chi connectivity index (χ0) is 10.0. The van der Waals surface area contributed by atoms with Gasteiger partial charge in [0.05, 0.1) is 11.6 Å². The monoisotopic (exact) mass is 198 g/mol. The molecule has 2 rings (SSSR count). The van der Waals surface area contributed by atoms with E-state index in [-0.39, 0.29) is 5.60 Å². The van der Waals surface area contributed by atoms with Crippen LogP contribution in [0.5, 0.6) is 0 Å². The van der Waals surface area contributed by atoms with Crippen molar-refractivity contribution in [2.45, 2.75) is 57.1 Å². The van der Waals surface area contributed by atoms with E-state index in [2.05, 4.69) is 12.3 Å². The lowest BCUT2D eigenvalue weighted by Gasteiger charge is -2.46. The van der Waals surface area contributed by atoms with Crippen LogP contribution in [-0.2, 0) is 4.74 Å². The quantitative estimate of drug-likeness (QED) is 0.534. The molecule has 3 nitrogen and oxygen atoms in total. The summed E-state index contributed by atoms with van der Waals surface area (Å²) in [5, 5.41) is 0. The summed E-state index contributed by atoms with van der Waals surface area (Å²) < 4.78 is 5.93. The van der Waals surface area contributed by atoms with Crippen molar-refractivity contribution in [2.75, 3.05) is 6.61 Å². The molecule has 2 unspecified atom stereocenters. The van der Waals surface area contributed by atoms with Gasteiger partial charge in [-0.15, -0.1) is 0 Å². The van der Waals surface area contributed by atoms with Gasteiger partial charge in [0.1, 0.15) is 0 Å². The van der Waals surface area contributed by atoms with Crippen molar-refractivity contribution in [1.29, 1.82) is 0 Å². The highest BCUT2D eigenvalue weighted by atomic mass is 16.5. The molecular formula is C11H22N2O. The average Bonchev–Trinajstić information content (AvgIpc) is 2.12. The minimum absolute atomic E-state index is 0.0158. The van der Waals surface area contributed by atoms with Gasteiger partial charge in [-0.1, -0.05) is 6.42 Å². The zero-order valence-corrected chi connectivity index (χ0v) is 9.09. The Kier molecular flexibility index (Phi) is 3.10. The lowest BCUT2D eigenvalue weighted by Crippen LogP contribution is -2.59. The van der Waals surface area contributed by atoms with E-state index < -0.39 is 0 Å². The minimum Gasteiger partial charge on any atom is -0.374 e. The number of ether oxygens (including phenoxy) is 1. The van der Waals surface area contributed by atoms with E-state index >= 15 is 0 Å². The Bertz CT molecular complexity index is 186. The lowest BCUT2D eigenvalue weighted by atomic mass is 9.72. The molecule has 1 heterocycles. The van der Waals surface area contributed by atoms with Crippen LogP contribution in [0.15, 0.2) is 0 Å². The van der Waals surface area contributed by atoms with Crippen LogP contribution in [0.1, 0.15) is 45.4 Å². The molecule has 0 bridgehead atoms. The molecule has 3 N–H and O–H groups in total. The predicted octanol–water partition coefficient (Wildman–Crippen LogP) is 1.58. The summed E-state index contributed by atoms with van der Waals surface area (Å²) in [6.45, 7) is 3.12. The van der Waals surface area contributed by atoms with Gasteiger partial charge in [0.2, 0.25) is 0 Å². The van der Waals surface area contributed by atoms with Crippen molar-refractivity contribution in [3.63, 3.8) is 0 Å². The van der Waals surface area contributed by atoms with Crippen molar-refractivity contribution >= 4 is 0 Å². The smallest absolute Gasteiger partial charge is 0.0822 e. The molecule has 3 heteroatoms. The normalized spacial score (nSPS) is 36.4. The second-order valence-electron chi connectivity index (χ2n) is 4.95. The van der Waals surface area contributed by atoms with Gasteiger partial charge in [0.25, 0.3) is 0 Å². The Morgan fingerprint density at radius 1 is 1.36 bits per heavy atom. The predicted molar refractivity (Wildman–Crippen MR) is 56.7 cm³/mol. The first kappa shape index (κ1) is 10.4. The lowest BCUT2D eigenvalue weighted by molar-refractivity contribution is -0.107. The van der Waals surface area contributed by atoms with Crippen molar-refractivity contribution in [1.82, 2.24) is 5.43 Å². The van der Waals surface area contributed by atoms with Gasteiger partial charge < -0.3 is 4.74 Å². The molecule has 2 aliphatic rings. The molecule has 1 saturated heterocycles. The number of rotatable bonds is 3. The summed E-state index contributed by atoms with van der Waals surface area (Å²) in [5.41, 5.74) is 2.97. The third kappa shape index (κ3) is 1.81. The van der Waals surface area contributed by atoms with Crippen molar-refractivity contribution in [2.24, 2.45) is 11.8 Å². The third-order valence-electron chi connectivity index (χ3n) is 3.96. The van der Waals surface area contributed by atoms with Crippen molar-refractivity contribution < 1.29 is 4.74 Å². The summed E-state index contributed by atoms with van der Waals surface area (Å²) >= 11 is 0. The van der Waals surface area contributed by atoms with Gasteiger partial charge in [-0.25, -0.2) is 0 Å². The maximum atomic E-state index is 5.93. The Labute approximate surface area is 86.4 Å². The van der Waals surface area contributed by atoms with E-state index in [1.807, 2.05) is 0 Å². The van der Waals surface area contributed by atoms with Crippen LogP contribution in [-0.4, -0.2) is 18.2 Å². The Morgan fingerprint density at radius 3 is 2.57 bits per heavy atom. The third-order valence-corrected chi connectivity index (χ3v) is 3.96. The maximum absolute atomic E-state index is 5.93. The second kappa shape index (κ2) is 4.17. The molecule has 1 aliphatic heterocycles. The molecule has 2 atom stereocenters. The topological polar surface area (TPSA) is 47.3 Å². The van der Waals surface area contributed by atoms with Crippen LogP contribution in [0.2, 0.25) is 0 Å². The Morgan fingerprint density at radius 2 is 2.14 bits per heavy atom. The van der Waals surface area contributed by atoms with Gasteiger partial charge in [0, 0.05) is 6.61 Å². The molecule has 0 spiro atoms. The first-order valence-corrected chi connectivity index (χ1v) is 5.86. The molecule has 0 aromatic carbocycles. The molecule has 1 aliphatic carbocycles. The number of hydrogen-bond acceptors (Lipinski definition) is 3. The fourth-order valence-corrected chi connectivity index (χ4v) is 2.78. The number of hydrogen-bond donors (Lipinski definition) is 2. The van der Waals surface area contributed by atoms with E-state index in [1.165, 1.54) is 32.1 Å². The van der Waals surface area contributed by atoms with Gasteiger partial charge in [-0.3, -0.25) is 11.3 Å². The highest BCUT2D eigenvalue weighted by molar-refractivity contribution is 4.96. The van der Waals surface area contributed by atoms with Gasteiger partial charge in [0.15, 0.2) is 0 Å². The Hall–Kier alpha value is -0.120. The number of hydrazine groups is 1. The number of nitrogens with two attached hydrogens (primary N) is 1. The molecule has 1 saturated carbocycles. The SMILES string of the molecule is CC1(C(NN)C2CCC2)CCCCO1. The van der Waals surface area contributed by atoms with Crippen LogP contribution in [0.4, 0.5) is 0 Å². The first-order chi connectivity index (χ1) is 6.76. The fourth-order valence-electron chi connectivity index (χ4n) is 2.78. The standard InChI is InChI=1S/C11H22N2O/c1-11(7-2-3-8-14-11)10(13-12)9-5-4-6-9/h9-10,13H,2-8,12H2,1H3. The molecule has 0 amide bonds. The Balaban J connectivity index is 2.00. The van der Waals surface area contributed by atoms with Gasteiger partial charge in [-0.2, -0.15) is 0 Å². The molecule has 0 aromatic heterocycles. The second-order valence-corrected chi connectivity index (χ2v) is 4.95. The maximum Gasteiger partial charge on any atom is 0.0822 e. The van der Waals surface area contributed by atoms with Crippen LogP contribution >= 0.6 is 0 Å². The molecule has 2 fully saturated rings. The largest absolute Gasteiger partial charge is 0.374 e. The summed E-state index contributed by atoms with van der Waals surface area (Å²) in [5.74, 6) is 6.41. The first-order valence-electron chi connectivity index (χ1n) is 5.86. The highest BCUT2D eigenvalue weighted by Gasteiger charge is 2.42. The molecule has 0 aromatic rings. The van der Waals surface area contributed by atoms with E-state index in [0.717, 1.165) is 18.9 Å². The molecular weight excluding hydrogens is 176 g/mol. The van der Waals surface area contributed by atoms with Crippen LogP contribution < -0.4 is 11.3 Å². The van der Waals surface area contributed by atoms with Crippen LogP contribution in [0.3, 0.4) is 0 Å². The minimum atomic E-state index is -0.0158. The molecule has 82 valence electrons. The van der Waals surface area contributed by atoms with Crippen molar-refractivity contribution in [3.05, 3.63) is 0 Å². The highest BCUT2D eigenvalue weighted by Crippen LogP contribution is 2.38. The van der Waals surface area contributed by atoms with Crippen LogP contribution in [0, 0.1) is 5.92 Å². The summed E-state index contributed by atoms with van der Waals surface area (Å²) in [6.07, 6.45) is 7.62. The van der Waals surface area contributed by atoms with Crippen molar-refractivity contribution in [3.8, 4) is 0 Å². The van der Waals surface area contributed by atoms with Gasteiger partial charge >= 0.3 is 0 Å². The molecule has 14 heavy (non-hydrogen) atoms.